The van der Waals surface area contributed by atoms with Crippen LogP contribution in [0.25, 0.3) is 0 Å². The lowest BCUT2D eigenvalue weighted by atomic mass is 10.1. The zero-order valence-electron chi connectivity index (χ0n) is 11.4. The van der Waals surface area contributed by atoms with Crippen molar-refractivity contribution in [3.63, 3.8) is 0 Å². The molecule has 3 N–H and O–H groups in total. The molecule has 0 aromatic heterocycles. The van der Waals surface area contributed by atoms with E-state index < -0.39 is 5.82 Å². The van der Waals surface area contributed by atoms with Gasteiger partial charge in [-0.25, -0.2) is 4.39 Å². The molecule has 5 heteroatoms. The van der Waals surface area contributed by atoms with Gasteiger partial charge in [-0.05, 0) is 36.6 Å². The SMILES string of the molecule is COc1ccc(CCC(=O)NCC(C)CN)cc1F. The lowest BCUT2D eigenvalue weighted by Crippen LogP contribution is -2.31. The van der Waals surface area contributed by atoms with Gasteiger partial charge in [-0.1, -0.05) is 13.0 Å². The smallest absolute Gasteiger partial charge is 0.220 e. The van der Waals surface area contributed by atoms with Crippen LogP contribution in [0.5, 0.6) is 5.75 Å². The Labute approximate surface area is 113 Å². The highest BCUT2D eigenvalue weighted by Crippen LogP contribution is 2.18. The van der Waals surface area contributed by atoms with Crippen molar-refractivity contribution in [3.05, 3.63) is 29.6 Å². The Kier molecular flexibility index (Phi) is 6.29. The van der Waals surface area contributed by atoms with Gasteiger partial charge in [0.05, 0.1) is 7.11 Å². The van der Waals surface area contributed by atoms with Gasteiger partial charge in [-0.15, -0.1) is 0 Å². The van der Waals surface area contributed by atoms with Crippen molar-refractivity contribution in [1.29, 1.82) is 0 Å². The average Bonchev–Trinajstić information content (AvgIpc) is 2.42. The van der Waals surface area contributed by atoms with Crippen molar-refractivity contribution in [2.75, 3.05) is 20.2 Å². The van der Waals surface area contributed by atoms with E-state index in [0.717, 1.165) is 5.56 Å². The summed E-state index contributed by atoms with van der Waals surface area (Å²) in [4.78, 5) is 11.6. The Morgan fingerprint density at radius 1 is 1.53 bits per heavy atom. The summed E-state index contributed by atoms with van der Waals surface area (Å²) in [5.41, 5.74) is 6.24. The molecule has 106 valence electrons. The number of amides is 1. The Bertz CT molecular complexity index is 424. The Morgan fingerprint density at radius 2 is 2.26 bits per heavy atom. The Balaban J connectivity index is 2.40. The van der Waals surface area contributed by atoms with E-state index in [1.165, 1.54) is 13.2 Å². The van der Waals surface area contributed by atoms with Crippen molar-refractivity contribution in [3.8, 4) is 5.75 Å². The lowest BCUT2D eigenvalue weighted by molar-refractivity contribution is -0.121. The second kappa shape index (κ2) is 7.74. The molecule has 1 rings (SSSR count). The number of hydrogen-bond acceptors (Lipinski definition) is 3. The molecular weight excluding hydrogens is 247 g/mol. The van der Waals surface area contributed by atoms with Crippen molar-refractivity contribution in [1.82, 2.24) is 5.32 Å². The molecule has 0 aliphatic rings. The van der Waals surface area contributed by atoms with Gasteiger partial charge in [0.25, 0.3) is 0 Å². The highest BCUT2D eigenvalue weighted by Gasteiger charge is 2.07. The predicted octanol–water partition coefficient (Wildman–Crippen LogP) is 1.48. The fraction of sp³-hybridized carbons (Fsp3) is 0.500. The van der Waals surface area contributed by atoms with Gasteiger partial charge in [-0.2, -0.15) is 0 Å². The van der Waals surface area contributed by atoms with Gasteiger partial charge in [0, 0.05) is 13.0 Å². The lowest BCUT2D eigenvalue weighted by Gasteiger charge is -2.10. The number of nitrogens with two attached hydrogens (primary N) is 1. The molecule has 1 aromatic rings. The molecule has 19 heavy (non-hydrogen) atoms. The van der Waals surface area contributed by atoms with E-state index in [9.17, 15) is 9.18 Å². The van der Waals surface area contributed by atoms with Crippen LogP contribution in [0, 0.1) is 11.7 Å². The molecule has 0 radical (unpaired) electrons. The summed E-state index contributed by atoms with van der Waals surface area (Å²) in [6.07, 6.45) is 0.840. The number of carbonyl (C=O) groups excluding carboxylic acids is 1. The molecular formula is C14H21FN2O2. The van der Waals surface area contributed by atoms with Gasteiger partial charge in [0.15, 0.2) is 11.6 Å². The molecule has 0 aliphatic heterocycles. The summed E-state index contributed by atoms with van der Waals surface area (Å²) in [5.74, 6) is 0.0287. The van der Waals surface area contributed by atoms with Crippen LogP contribution in [0.15, 0.2) is 18.2 Å². The van der Waals surface area contributed by atoms with E-state index in [0.29, 0.717) is 25.9 Å². The number of halogens is 1. The highest BCUT2D eigenvalue weighted by molar-refractivity contribution is 5.76. The van der Waals surface area contributed by atoms with Crippen molar-refractivity contribution >= 4 is 5.91 Å². The number of nitrogens with one attached hydrogen (secondary N) is 1. The first-order chi connectivity index (χ1) is 9.06. The number of benzene rings is 1. The van der Waals surface area contributed by atoms with Gasteiger partial charge in [0.1, 0.15) is 0 Å². The van der Waals surface area contributed by atoms with Gasteiger partial charge in [-0.3, -0.25) is 4.79 Å². The van der Waals surface area contributed by atoms with Crippen LogP contribution in [0.3, 0.4) is 0 Å². The molecule has 4 nitrogen and oxygen atoms in total. The van der Waals surface area contributed by atoms with Crippen LogP contribution in [-0.4, -0.2) is 26.1 Å². The van der Waals surface area contributed by atoms with E-state index in [2.05, 4.69) is 5.32 Å². The van der Waals surface area contributed by atoms with Crippen molar-refractivity contribution in [2.45, 2.75) is 19.8 Å². The molecule has 0 spiro atoms. The van der Waals surface area contributed by atoms with Crippen LogP contribution in [0.4, 0.5) is 4.39 Å². The molecule has 0 saturated heterocycles. The first-order valence-electron chi connectivity index (χ1n) is 6.36. The number of rotatable bonds is 7. The third kappa shape index (κ3) is 5.26. The summed E-state index contributed by atoms with van der Waals surface area (Å²) < 4.78 is 18.3. The van der Waals surface area contributed by atoms with E-state index >= 15 is 0 Å². The number of methoxy groups -OCH3 is 1. The molecule has 0 saturated carbocycles. The number of aryl methyl sites for hydroxylation is 1. The minimum absolute atomic E-state index is 0.0449. The number of ether oxygens (including phenoxy) is 1. The maximum Gasteiger partial charge on any atom is 0.220 e. The van der Waals surface area contributed by atoms with Gasteiger partial charge < -0.3 is 15.8 Å². The molecule has 0 aliphatic carbocycles. The Morgan fingerprint density at radius 3 is 2.84 bits per heavy atom. The standard InChI is InChI=1S/C14H21FN2O2/c1-10(8-16)9-17-14(18)6-4-11-3-5-13(19-2)12(15)7-11/h3,5,7,10H,4,6,8-9,16H2,1-2H3,(H,17,18). The number of hydrogen-bond donors (Lipinski definition) is 2. The summed E-state index contributed by atoms with van der Waals surface area (Å²) in [5, 5.41) is 2.80. The molecule has 0 fully saturated rings. The largest absolute Gasteiger partial charge is 0.494 e. The maximum atomic E-state index is 13.4. The molecule has 0 bridgehead atoms. The second-order valence-corrected chi connectivity index (χ2v) is 4.61. The maximum absolute atomic E-state index is 13.4. The molecule has 1 atom stereocenters. The zero-order chi connectivity index (χ0) is 14.3. The summed E-state index contributed by atoms with van der Waals surface area (Å²) in [6.45, 7) is 3.09. The summed E-state index contributed by atoms with van der Waals surface area (Å²) in [6, 6.07) is 4.73. The summed E-state index contributed by atoms with van der Waals surface area (Å²) in [7, 11) is 1.42. The first-order valence-corrected chi connectivity index (χ1v) is 6.36. The highest BCUT2D eigenvalue weighted by atomic mass is 19.1. The van der Waals surface area contributed by atoms with Crippen LogP contribution in [0.1, 0.15) is 18.9 Å². The molecule has 1 amide bonds. The van der Waals surface area contributed by atoms with Crippen molar-refractivity contribution in [2.24, 2.45) is 11.7 Å². The second-order valence-electron chi connectivity index (χ2n) is 4.61. The monoisotopic (exact) mass is 268 g/mol. The summed E-state index contributed by atoms with van der Waals surface area (Å²) >= 11 is 0. The zero-order valence-corrected chi connectivity index (χ0v) is 11.4. The average molecular weight is 268 g/mol. The van der Waals surface area contributed by atoms with E-state index in [-0.39, 0.29) is 17.6 Å². The third-order valence-electron chi connectivity index (χ3n) is 2.91. The topological polar surface area (TPSA) is 64.3 Å². The molecule has 1 aromatic carbocycles. The Hall–Kier alpha value is -1.62. The van der Waals surface area contributed by atoms with Gasteiger partial charge >= 0.3 is 0 Å². The normalized spacial score (nSPS) is 12.0. The van der Waals surface area contributed by atoms with Crippen LogP contribution in [-0.2, 0) is 11.2 Å². The van der Waals surface area contributed by atoms with Crippen LogP contribution >= 0.6 is 0 Å². The molecule has 0 heterocycles. The van der Waals surface area contributed by atoms with Crippen LogP contribution in [0.2, 0.25) is 0 Å². The fourth-order valence-electron chi connectivity index (χ4n) is 1.58. The third-order valence-corrected chi connectivity index (χ3v) is 2.91. The van der Waals surface area contributed by atoms with E-state index in [1.807, 2.05) is 6.92 Å². The fourth-order valence-corrected chi connectivity index (χ4v) is 1.58. The minimum Gasteiger partial charge on any atom is -0.494 e. The van der Waals surface area contributed by atoms with Crippen LogP contribution < -0.4 is 15.8 Å². The minimum atomic E-state index is -0.405. The van der Waals surface area contributed by atoms with E-state index in [1.54, 1.807) is 12.1 Å². The van der Waals surface area contributed by atoms with Crippen molar-refractivity contribution < 1.29 is 13.9 Å². The molecule has 1 unspecified atom stereocenters. The quantitative estimate of drug-likeness (QED) is 0.787. The van der Waals surface area contributed by atoms with E-state index in [4.69, 9.17) is 10.5 Å². The first kappa shape index (κ1) is 15.4. The number of carbonyl (C=O) groups is 1. The van der Waals surface area contributed by atoms with Gasteiger partial charge in [0.2, 0.25) is 5.91 Å². The predicted molar refractivity (Wildman–Crippen MR) is 72.5 cm³/mol.